The Hall–Kier alpha value is -1.02. The summed E-state index contributed by atoms with van der Waals surface area (Å²) in [5.41, 5.74) is 0. The molecule has 1 unspecified atom stereocenters. The van der Waals surface area contributed by atoms with Gasteiger partial charge in [-0.3, -0.25) is 0 Å². The third-order valence-electron chi connectivity index (χ3n) is 1.29. The van der Waals surface area contributed by atoms with Crippen LogP contribution in [-0.4, -0.2) is 48.2 Å². The Balaban J connectivity index is 3.41. The van der Waals surface area contributed by atoms with Crippen LogP contribution in [0.3, 0.4) is 0 Å². The molecule has 1 amide bonds. The highest BCUT2D eigenvalue weighted by Gasteiger charge is 2.37. The quantitative estimate of drug-likeness (QED) is 0.478. The van der Waals surface area contributed by atoms with Crippen molar-refractivity contribution in [2.75, 3.05) is 19.6 Å². The minimum absolute atomic E-state index is 0.0140. The van der Waals surface area contributed by atoms with Crippen LogP contribution in [0.4, 0.5) is 18.0 Å². The number of alkyl halides is 3. The summed E-state index contributed by atoms with van der Waals surface area (Å²) >= 11 is 0. The van der Waals surface area contributed by atoms with E-state index in [1.807, 2.05) is 5.32 Å². The van der Waals surface area contributed by atoms with Gasteiger partial charge in [0.25, 0.3) is 0 Å². The molecule has 84 valence electrons. The van der Waals surface area contributed by atoms with Gasteiger partial charge in [-0.05, 0) is 0 Å². The van der Waals surface area contributed by atoms with E-state index in [0.717, 1.165) is 0 Å². The second-order valence-corrected chi connectivity index (χ2v) is 2.49. The molecule has 0 aliphatic carbocycles. The molecular formula is C6H11F3N2O3. The number of nitrogens with one attached hydrogen (secondary N) is 2. The van der Waals surface area contributed by atoms with Gasteiger partial charge in [-0.1, -0.05) is 0 Å². The monoisotopic (exact) mass is 216 g/mol. The minimum atomic E-state index is -4.65. The highest BCUT2D eigenvalue weighted by atomic mass is 19.4. The van der Waals surface area contributed by atoms with Crippen LogP contribution in [0.5, 0.6) is 0 Å². The number of carbonyl (C=O) groups is 1. The van der Waals surface area contributed by atoms with Gasteiger partial charge < -0.3 is 20.8 Å². The third-order valence-corrected chi connectivity index (χ3v) is 1.29. The molecular weight excluding hydrogens is 205 g/mol. The summed E-state index contributed by atoms with van der Waals surface area (Å²) in [5, 5.41) is 20.8. The molecule has 4 N–H and O–H groups in total. The van der Waals surface area contributed by atoms with Crippen molar-refractivity contribution in [2.45, 2.75) is 12.3 Å². The van der Waals surface area contributed by atoms with E-state index in [1.54, 1.807) is 0 Å². The van der Waals surface area contributed by atoms with Crippen molar-refractivity contribution in [3.63, 3.8) is 0 Å². The zero-order valence-corrected chi connectivity index (χ0v) is 7.14. The van der Waals surface area contributed by atoms with E-state index in [0.29, 0.717) is 0 Å². The number of amides is 1. The van der Waals surface area contributed by atoms with Crippen LogP contribution in [0.2, 0.25) is 0 Å². The second-order valence-electron chi connectivity index (χ2n) is 2.49. The summed E-state index contributed by atoms with van der Waals surface area (Å²) in [7, 11) is 0. The zero-order valence-electron chi connectivity index (χ0n) is 7.14. The van der Waals surface area contributed by atoms with E-state index in [1.165, 1.54) is 0 Å². The molecule has 0 saturated carbocycles. The highest BCUT2D eigenvalue weighted by Crippen LogP contribution is 2.18. The molecule has 5 nitrogen and oxygen atoms in total. The average Bonchev–Trinajstić information content (AvgIpc) is 2.01. The molecule has 0 radical (unpaired) electrons. The number of hydrogen-bond donors (Lipinski definition) is 4. The van der Waals surface area contributed by atoms with Gasteiger partial charge in [0.05, 0.1) is 0 Å². The van der Waals surface area contributed by atoms with Crippen LogP contribution in [-0.2, 0) is 0 Å². The molecule has 0 rings (SSSR count). The Kier molecular flexibility index (Phi) is 5.24. The maximum atomic E-state index is 11.7. The van der Waals surface area contributed by atoms with Gasteiger partial charge in [-0.15, -0.1) is 0 Å². The molecule has 0 saturated heterocycles. The predicted octanol–water partition coefficient (Wildman–Crippen LogP) is -0.233. The Morgan fingerprint density at radius 2 is 1.93 bits per heavy atom. The van der Waals surface area contributed by atoms with Crippen molar-refractivity contribution < 1.29 is 28.2 Å². The highest BCUT2D eigenvalue weighted by molar-refractivity contribution is 5.64. The number of aliphatic hydroxyl groups excluding tert-OH is 1. The van der Waals surface area contributed by atoms with Crippen LogP contribution in [0.1, 0.15) is 0 Å². The van der Waals surface area contributed by atoms with Crippen molar-refractivity contribution >= 4 is 6.09 Å². The number of carboxylic acid groups (broad SMARTS) is 1. The summed E-state index contributed by atoms with van der Waals surface area (Å²) in [6.07, 6.45) is -8.32. The third kappa shape index (κ3) is 6.49. The maximum Gasteiger partial charge on any atom is 0.415 e. The molecule has 0 aliphatic heterocycles. The molecule has 8 heteroatoms. The molecule has 0 aromatic rings. The second kappa shape index (κ2) is 5.66. The van der Waals surface area contributed by atoms with Crippen LogP contribution in [0, 0.1) is 0 Å². The van der Waals surface area contributed by atoms with Gasteiger partial charge in [0.1, 0.15) is 0 Å². The predicted molar refractivity (Wildman–Crippen MR) is 41.0 cm³/mol. The summed E-state index contributed by atoms with van der Waals surface area (Å²) in [4.78, 5) is 9.89. The van der Waals surface area contributed by atoms with Gasteiger partial charge in [0, 0.05) is 19.6 Å². The van der Waals surface area contributed by atoms with E-state index < -0.39 is 24.9 Å². The van der Waals surface area contributed by atoms with Crippen molar-refractivity contribution in [3.8, 4) is 0 Å². The Bertz CT molecular complexity index is 186. The topological polar surface area (TPSA) is 81.6 Å². The zero-order chi connectivity index (χ0) is 11.2. The fourth-order valence-electron chi connectivity index (χ4n) is 0.612. The van der Waals surface area contributed by atoms with Gasteiger partial charge in [-0.2, -0.15) is 13.2 Å². The fourth-order valence-corrected chi connectivity index (χ4v) is 0.612. The SMILES string of the molecule is O=C(O)NCCNCC(O)C(F)(F)F. The standard InChI is InChI=1S/C6H11F3N2O3/c7-6(8,9)4(12)3-10-1-2-11-5(13)14/h4,10-12H,1-3H2,(H,13,14). The molecule has 14 heavy (non-hydrogen) atoms. The minimum Gasteiger partial charge on any atom is -0.465 e. The van der Waals surface area contributed by atoms with Crippen LogP contribution in [0.15, 0.2) is 0 Å². The number of halogens is 3. The van der Waals surface area contributed by atoms with Gasteiger partial charge >= 0.3 is 12.3 Å². The van der Waals surface area contributed by atoms with Gasteiger partial charge in [-0.25, -0.2) is 4.79 Å². The first-order valence-corrected chi connectivity index (χ1v) is 3.76. The van der Waals surface area contributed by atoms with E-state index in [9.17, 15) is 18.0 Å². The summed E-state index contributed by atoms with van der Waals surface area (Å²) in [6.45, 7) is -0.635. The van der Waals surface area contributed by atoms with Crippen molar-refractivity contribution in [2.24, 2.45) is 0 Å². The summed E-state index contributed by atoms with van der Waals surface area (Å²) < 4.78 is 35.1. The first-order chi connectivity index (χ1) is 6.34. The number of hydrogen-bond acceptors (Lipinski definition) is 3. The first-order valence-electron chi connectivity index (χ1n) is 3.76. The lowest BCUT2D eigenvalue weighted by atomic mass is 10.3. The van der Waals surface area contributed by atoms with Crippen molar-refractivity contribution in [3.05, 3.63) is 0 Å². The van der Waals surface area contributed by atoms with E-state index in [2.05, 4.69) is 5.32 Å². The van der Waals surface area contributed by atoms with Crippen molar-refractivity contribution in [1.82, 2.24) is 10.6 Å². The molecule has 0 aromatic heterocycles. The Morgan fingerprint density at radius 3 is 2.36 bits per heavy atom. The Labute approximate surface area is 77.9 Å². The molecule has 1 atom stereocenters. The summed E-state index contributed by atoms with van der Waals surface area (Å²) in [6, 6.07) is 0. The number of aliphatic hydroxyl groups is 1. The van der Waals surface area contributed by atoms with Crippen molar-refractivity contribution in [1.29, 1.82) is 0 Å². The molecule has 0 aliphatic rings. The molecule has 0 bridgehead atoms. The van der Waals surface area contributed by atoms with Crippen LogP contribution in [0.25, 0.3) is 0 Å². The van der Waals surface area contributed by atoms with Gasteiger partial charge in [0.2, 0.25) is 0 Å². The number of rotatable bonds is 5. The first kappa shape index (κ1) is 13.0. The van der Waals surface area contributed by atoms with Crippen LogP contribution >= 0.6 is 0 Å². The van der Waals surface area contributed by atoms with E-state index >= 15 is 0 Å². The van der Waals surface area contributed by atoms with E-state index in [4.69, 9.17) is 10.2 Å². The largest absolute Gasteiger partial charge is 0.465 e. The lowest BCUT2D eigenvalue weighted by Gasteiger charge is -2.14. The van der Waals surface area contributed by atoms with Gasteiger partial charge in [0.15, 0.2) is 6.10 Å². The fraction of sp³-hybridized carbons (Fsp3) is 0.833. The maximum absolute atomic E-state index is 11.7. The summed E-state index contributed by atoms with van der Waals surface area (Å²) in [5.74, 6) is 0. The Morgan fingerprint density at radius 1 is 1.36 bits per heavy atom. The normalized spacial score (nSPS) is 13.7. The van der Waals surface area contributed by atoms with E-state index in [-0.39, 0.29) is 13.1 Å². The smallest absolute Gasteiger partial charge is 0.415 e. The van der Waals surface area contributed by atoms with Crippen LogP contribution < -0.4 is 10.6 Å². The molecule has 0 spiro atoms. The lowest BCUT2D eigenvalue weighted by molar-refractivity contribution is -0.201. The lowest BCUT2D eigenvalue weighted by Crippen LogP contribution is -2.40. The average molecular weight is 216 g/mol. The molecule has 0 heterocycles. The molecule has 0 aromatic carbocycles. The molecule has 0 fully saturated rings.